The monoisotopic (exact) mass is 392 g/mol. The number of hydrogen-bond acceptors (Lipinski definition) is 6. The number of ether oxygens (including phenoxy) is 1. The number of phenols is 1. The lowest BCUT2D eigenvalue weighted by Crippen LogP contribution is -2.42. The molecule has 2 aromatic carbocycles. The number of amides is 1. The molecule has 0 bridgehead atoms. The first-order valence-corrected chi connectivity index (χ1v) is 9.45. The second-order valence-corrected chi connectivity index (χ2v) is 7.49. The fourth-order valence-electron chi connectivity index (χ4n) is 2.36. The molecule has 0 radical (unpaired) electrons. The zero-order valence-corrected chi connectivity index (χ0v) is 15.6. The Morgan fingerprint density at radius 1 is 1.07 bits per heavy atom. The molecule has 1 atom stereocenters. The highest BCUT2D eigenvalue weighted by Gasteiger charge is 2.26. The number of carbonyl (C=O) groups is 2. The first kappa shape index (κ1) is 20.4. The van der Waals surface area contributed by atoms with Gasteiger partial charge in [-0.25, -0.2) is 8.42 Å². The van der Waals surface area contributed by atoms with Gasteiger partial charge in [0.15, 0.2) is 0 Å². The summed E-state index contributed by atoms with van der Waals surface area (Å²) in [6.45, 7) is 1.34. The minimum absolute atomic E-state index is 0.0517. The van der Waals surface area contributed by atoms with Gasteiger partial charge >= 0.3 is 5.97 Å². The number of hydrogen-bond donors (Lipinski definition) is 3. The summed E-state index contributed by atoms with van der Waals surface area (Å²) in [6.07, 6.45) is 0.0517. The van der Waals surface area contributed by atoms with Gasteiger partial charge in [0.05, 0.1) is 12.0 Å². The van der Waals surface area contributed by atoms with Crippen LogP contribution in [0.2, 0.25) is 0 Å². The van der Waals surface area contributed by atoms with Gasteiger partial charge in [-0.1, -0.05) is 12.1 Å². The smallest absolute Gasteiger partial charge is 0.324 e. The summed E-state index contributed by atoms with van der Waals surface area (Å²) in [6, 6.07) is 10.5. The highest BCUT2D eigenvalue weighted by Crippen LogP contribution is 2.16. The van der Waals surface area contributed by atoms with Crippen molar-refractivity contribution < 1.29 is 27.9 Å². The van der Waals surface area contributed by atoms with Gasteiger partial charge < -0.3 is 15.2 Å². The van der Waals surface area contributed by atoms with E-state index in [2.05, 4.69) is 10.0 Å². The van der Waals surface area contributed by atoms with E-state index in [0.717, 1.165) is 0 Å². The molecule has 0 spiro atoms. The van der Waals surface area contributed by atoms with E-state index in [1.54, 1.807) is 12.1 Å². The van der Waals surface area contributed by atoms with E-state index in [9.17, 15) is 23.1 Å². The zero-order valence-electron chi connectivity index (χ0n) is 14.8. The Balaban J connectivity index is 2.20. The van der Waals surface area contributed by atoms with Crippen molar-refractivity contribution in [1.82, 2.24) is 4.72 Å². The minimum atomic E-state index is -4.00. The second-order valence-electron chi connectivity index (χ2n) is 5.77. The van der Waals surface area contributed by atoms with E-state index >= 15 is 0 Å². The lowest BCUT2D eigenvalue weighted by Gasteiger charge is -2.17. The number of nitrogens with one attached hydrogen (secondary N) is 2. The van der Waals surface area contributed by atoms with Crippen LogP contribution in [0.15, 0.2) is 53.4 Å². The SMILES string of the molecule is COC(=O)C(Cc1ccc(O)cc1)NS(=O)(=O)c1ccc(NC(C)=O)cc1. The Morgan fingerprint density at radius 3 is 2.19 bits per heavy atom. The van der Waals surface area contributed by atoms with Gasteiger partial charge in [0.2, 0.25) is 15.9 Å². The summed E-state index contributed by atoms with van der Waals surface area (Å²) < 4.78 is 32.2. The van der Waals surface area contributed by atoms with Crippen molar-refractivity contribution in [1.29, 1.82) is 0 Å². The first-order chi connectivity index (χ1) is 12.7. The summed E-state index contributed by atoms with van der Waals surface area (Å²) in [7, 11) is -2.83. The van der Waals surface area contributed by atoms with Gasteiger partial charge in [-0.05, 0) is 48.4 Å². The topological polar surface area (TPSA) is 122 Å². The Hall–Kier alpha value is -2.91. The molecule has 0 fully saturated rings. The molecule has 8 nitrogen and oxygen atoms in total. The molecule has 1 amide bonds. The zero-order chi connectivity index (χ0) is 20.0. The molecule has 0 heterocycles. The van der Waals surface area contributed by atoms with Crippen LogP contribution in [0.5, 0.6) is 5.75 Å². The Kier molecular flexibility index (Phi) is 6.54. The van der Waals surface area contributed by atoms with E-state index in [1.165, 1.54) is 50.4 Å². The maximum Gasteiger partial charge on any atom is 0.324 e. The quantitative estimate of drug-likeness (QED) is 0.613. The minimum Gasteiger partial charge on any atom is -0.508 e. The third-order valence-electron chi connectivity index (χ3n) is 3.64. The van der Waals surface area contributed by atoms with Crippen LogP contribution in [0, 0.1) is 0 Å². The third kappa shape index (κ3) is 5.80. The number of sulfonamides is 1. The molecule has 9 heteroatoms. The molecule has 0 aliphatic heterocycles. The van der Waals surface area contributed by atoms with Gasteiger partial charge in [-0.15, -0.1) is 0 Å². The van der Waals surface area contributed by atoms with Crippen LogP contribution in [-0.4, -0.2) is 38.6 Å². The standard InChI is InChI=1S/C18H20N2O6S/c1-12(21)19-14-5-9-16(10-6-14)27(24,25)20-17(18(23)26-2)11-13-3-7-15(22)8-4-13/h3-10,17,20,22H,11H2,1-2H3,(H,19,21). The molecule has 0 saturated heterocycles. The second kappa shape index (κ2) is 8.65. The fraction of sp³-hybridized carbons (Fsp3) is 0.222. The largest absolute Gasteiger partial charge is 0.508 e. The Morgan fingerprint density at radius 2 is 1.67 bits per heavy atom. The van der Waals surface area contributed by atoms with Crippen LogP contribution in [0.1, 0.15) is 12.5 Å². The number of rotatable bonds is 7. The van der Waals surface area contributed by atoms with Crippen LogP contribution < -0.4 is 10.0 Å². The lowest BCUT2D eigenvalue weighted by atomic mass is 10.1. The first-order valence-electron chi connectivity index (χ1n) is 7.97. The molecule has 0 aliphatic carbocycles. The maximum atomic E-state index is 12.6. The van der Waals surface area contributed by atoms with E-state index in [4.69, 9.17) is 4.74 Å². The van der Waals surface area contributed by atoms with Crippen LogP contribution in [0.25, 0.3) is 0 Å². The third-order valence-corrected chi connectivity index (χ3v) is 5.13. The number of anilines is 1. The van der Waals surface area contributed by atoms with Gasteiger partial charge in [-0.3, -0.25) is 9.59 Å². The van der Waals surface area contributed by atoms with Crippen molar-refractivity contribution >= 4 is 27.6 Å². The fourth-order valence-corrected chi connectivity index (χ4v) is 3.54. The van der Waals surface area contributed by atoms with Crippen molar-refractivity contribution in [3.05, 3.63) is 54.1 Å². The number of phenolic OH excluding ortho intramolecular Hbond substituents is 1. The number of benzene rings is 2. The Labute approximate surface area is 157 Å². The van der Waals surface area contributed by atoms with Crippen LogP contribution in [0.3, 0.4) is 0 Å². The van der Waals surface area contributed by atoms with Crippen molar-refractivity contribution in [3.8, 4) is 5.75 Å². The van der Waals surface area contributed by atoms with Crippen LogP contribution in [-0.2, 0) is 30.8 Å². The summed E-state index contributed by atoms with van der Waals surface area (Å²) in [5.74, 6) is -0.946. The maximum absolute atomic E-state index is 12.6. The molecular formula is C18H20N2O6S. The molecule has 27 heavy (non-hydrogen) atoms. The number of aromatic hydroxyl groups is 1. The molecule has 0 aromatic heterocycles. The average Bonchev–Trinajstić information content (AvgIpc) is 2.62. The summed E-state index contributed by atoms with van der Waals surface area (Å²) >= 11 is 0. The number of esters is 1. The Bertz CT molecular complexity index is 908. The highest BCUT2D eigenvalue weighted by molar-refractivity contribution is 7.89. The van der Waals surface area contributed by atoms with Gasteiger partial charge in [0.25, 0.3) is 0 Å². The van der Waals surface area contributed by atoms with E-state index in [-0.39, 0.29) is 23.0 Å². The van der Waals surface area contributed by atoms with E-state index in [0.29, 0.717) is 11.3 Å². The summed E-state index contributed by atoms with van der Waals surface area (Å²) in [5.41, 5.74) is 1.10. The molecule has 2 rings (SSSR count). The molecule has 0 aliphatic rings. The molecule has 3 N–H and O–H groups in total. The predicted octanol–water partition coefficient (Wildman–Crippen LogP) is 1.41. The summed E-state index contributed by atoms with van der Waals surface area (Å²) in [4.78, 5) is 23.0. The number of methoxy groups -OCH3 is 1. The predicted molar refractivity (Wildman–Crippen MR) is 98.7 cm³/mol. The van der Waals surface area contributed by atoms with Gasteiger partial charge in [0.1, 0.15) is 11.8 Å². The highest BCUT2D eigenvalue weighted by atomic mass is 32.2. The summed E-state index contributed by atoms with van der Waals surface area (Å²) in [5, 5.41) is 11.9. The normalized spacial score (nSPS) is 12.2. The van der Waals surface area contributed by atoms with Crippen molar-refractivity contribution in [3.63, 3.8) is 0 Å². The van der Waals surface area contributed by atoms with Crippen molar-refractivity contribution in [2.75, 3.05) is 12.4 Å². The van der Waals surface area contributed by atoms with Crippen LogP contribution >= 0.6 is 0 Å². The van der Waals surface area contributed by atoms with E-state index in [1.807, 2.05) is 0 Å². The van der Waals surface area contributed by atoms with Crippen molar-refractivity contribution in [2.24, 2.45) is 0 Å². The molecule has 2 aromatic rings. The van der Waals surface area contributed by atoms with Crippen molar-refractivity contribution in [2.45, 2.75) is 24.3 Å². The van der Waals surface area contributed by atoms with Gasteiger partial charge in [0, 0.05) is 12.6 Å². The lowest BCUT2D eigenvalue weighted by molar-refractivity contribution is -0.142. The molecule has 0 saturated carbocycles. The molecular weight excluding hydrogens is 372 g/mol. The van der Waals surface area contributed by atoms with Crippen LogP contribution in [0.4, 0.5) is 5.69 Å². The molecule has 1 unspecified atom stereocenters. The van der Waals surface area contributed by atoms with E-state index < -0.39 is 22.0 Å². The molecule has 144 valence electrons. The average molecular weight is 392 g/mol. The number of carbonyl (C=O) groups excluding carboxylic acids is 2. The van der Waals surface area contributed by atoms with Gasteiger partial charge in [-0.2, -0.15) is 4.72 Å².